The maximum absolute atomic E-state index is 4.09. The summed E-state index contributed by atoms with van der Waals surface area (Å²) in [7, 11) is 0. The van der Waals surface area contributed by atoms with Gasteiger partial charge in [-0.25, -0.2) is 0 Å². The van der Waals surface area contributed by atoms with Gasteiger partial charge in [0.25, 0.3) is 0 Å². The van der Waals surface area contributed by atoms with Crippen LogP contribution in [0.15, 0.2) is 12.2 Å². The van der Waals surface area contributed by atoms with Crippen molar-refractivity contribution in [1.82, 2.24) is 4.90 Å². The number of nitrogens with zero attached hydrogens (tertiary/aromatic N) is 1. The van der Waals surface area contributed by atoms with Crippen LogP contribution in [0.25, 0.3) is 0 Å². The lowest BCUT2D eigenvalue weighted by atomic mass is 9.96. The van der Waals surface area contributed by atoms with E-state index in [1.54, 1.807) is 0 Å². The Morgan fingerprint density at radius 1 is 1.17 bits per heavy atom. The maximum Gasteiger partial charge on any atom is 0.0193 e. The molecule has 0 aliphatic carbocycles. The highest BCUT2D eigenvalue weighted by Crippen LogP contribution is 2.26. The molecular formula is C11H19N. The molecule has 0 bridgehead atoms. The molecule has 1 heteroatoms. The Labute approximate surface area is 75.4 Å². The molecule has 2 fully saturated rings. The van der Waals surface area contributed by atoms with Crippen molar-refractivity contribution in [3.8, 4) is 0 Å². The minimum atomic E-state index is 0.901. The van der Waals surface area contributed by atoms with Crippen LogP contribution in [0.5, 0.6) is 0 Å². The summed E-state index contributed by atoms with van der Waals surface area (Å²) in [5, 5.41) is 0. The van der Waals surface area contributed by atoms with Crippen LogP contribution in [0, 0.1) is 0 Å². The number of rotatable bonds is 0. The van der Waals surface area contributed by atoms with E-state index in [1.807, 2.05) is 0 Å². The quantitative estimate of drug-likeness (QED) is 0.499. The fourth-order valence-electron chi connectivity index (χ4n) is 2.51. The van der Waals surface area contributed by atoms with Gasteiger partial charge in [-0.3, -0.25) is 4.90 Å². The van der Waals surface area contributed by atoms with Gasteiger partial charge in [-0.05, 0) is 32.2 Å². The monoisotopic (exact) mass is 165 g/mol. The number of hydrogen-bond acceptors (Lipinski definition) is 1. The second-order valence-corrected chi connectivity index (χ2v) is 4.26. The summed E-state index contributed by atoms with van der Waals surface area (Å²) in [5.74, 6) is 0. The zero-order chi connectivity index (χ0) is 8.39. The van der Waals surface area contributed by atoms with E-state index in [0.29, 0.717) is 0 Å². The smallest absolute Gasteiger partial charge is 0.0193 e. The Balaban J connectivity index is 1.99. The first-order chi connectivity index (χ1) is 5.86. The number of piperidine rings is 1. The second-order valence-electron chi connectivity index (χ2n) is 4.26. The first-order valence-electron chi connectivity index (χ1n) is 5.27. The lowest BCUT2D eigenvalue weighted by molar-refractivity contribution is 0.182. The van der Waals surface area contributed by atoms with E-state index in [9.17, 15) is 0 Å². The molecule has 2 saturated heterocycles. The third kappa shape index (κ3) is 1.71. The summed E-state index contributed by atoms with van der Waals surface area (Å²) >= 11 is 0. The Bertz CT molecular complexity index is 174. The van der Waals surface area contributed by atoms with Crippen LogP contribution in [-0.4, -0.2) is 24.0 Å². The molecule has 2 rings (SSSR count). The normalized spacial score (nSPS) is 32.7. The van der Waals surface area contributed by atoms with Crippen LogP contribution in [0.1, 0.15) is 38.5 Å². The van der Waals surface area contributed by atoms with Gasteiger partial charge in [0.1, 0.15) is 0 Å². The topological polar surface area (TPSA) is 3.24 Å². The molecule has 1 atom stereocenters. The van der Waals surface area contributed by atoms with Crippen LogP contribution in [0.2, 0.25) is 0 Å². The molecule has 2 aliphatic heterocycles. The highest BCUT2D eigenvalue weighted by Gasteiger charge is 2.24. The van der Waals surface area contributed by atoms with E-state index in [1.165, 1.54) is 57.2 Å². The molecule has 0 amide bonds. The molecule has 0 aromatic heterocycles. The molecule has 2 heterocycles. The predicted molar refractivity (Wildman–Crippen MR) is 52.2 cm³/mol. The van der Waals surface area contributed by atoms with Crippen molar-refractivity contribution in [3.63, 3.8) is 0 Å². The average molecular weight is 165 g/mol. The van der Waals surface area contributed by atoms with Gasteiger partial charge >= 0.3 is 0 Å². The first kappa shape index (κ1) is 8.31. The minimum Gasteiger partial charge on any atom is -0.296 e. The van der Waals surface area contributed by atoms with Crippen molar-refractivity contribution < 1.29 is 0 Å². The van der Waals surface area contributed by atoms with Gasteiger partial charge in [0.05, 0.1) is 0 Å². The first-order valence-corrected chi connectivity index (χ1v) is 5.27. The largest absolute Gasteiger partial charge is 0.296 e. The Kier molecular flexibility index (Phi) is 2.50. The SMILES string of the molecule is C=C1CCC2CCCCCN2C1. The fourth-order valence-corrected chi connectivity index (χ4v) is 2.51. The van der Waals surface area contributed by atoms with Crippen LogP contribution in [0.3, 0.4) is 0 Å². The molecule has 1 nitrogen and oxygen atoms in total. The van der Waals surface area contributed by atoms with Gasteiger partial charge in [-0.1, -0.05) is 25.0 Å². The van der Waals surface area contributed by atoms with Gasteiger partial charge in [-0.15, -0.1) is 0 Å². The molecule has 68 valence electrons. The molecule has 2 aliphatic rings. The van der Waals surface area contributed by atoms with Crippen LogP contribution < -0.4 is 0 Å². The van der Waals surface area contributed by atoms with Crippen molar-refractivity contribution in [2.75, 3.05) is 13.1 Å². The van der Waals surface area contributed by atoms with Crippen LogP contribution >= 0.6 is 0 Å². The summed E-state index contributed by atoms with van der Waals surface area (Å²) < 4.78 is 0. The zero-order valence-electron chi connectivity index (χ0n) is 7.89. The lowest BCUT2D eigenvalue weighted by Gasteiger charge is -2.35. The lowest BCUT2D eigenvalue weighted by Crippen LogP contribution is -2.39. The summed E-state index contributed by atoms with van der Waals surface area (Å²) in [5.41, 5.74) is 1.45. The van der Waals surface area contributed by atoms with Crippen molar-refractivity contribution in [1.29, 1.82) is 0 Å². The molecule has 0 spiro atoms. The van der Waals surface area contributed by atoms with E-state index in [2.05, 4.69) is 11.5 Å². The zero-order valence-corrected chi connectivity index (χ0v) is 7.89. The molecular weight excluding hydrogens is 146 g/mol. The van der Waals surface area contributed by atoms with Crippen molar-refractivity contribution >= 4 is 0 Å². The van der Waals surface area contributed by atoms with Gasteiger partial charge in [-0.2, -0.15) is 0 Å². The Morgan fingerprint density at radius 3 is 3.00 bits per heavy atom. The highest BCUT2D eigenvalue weighted by atomic mass is 15.2. The average Bonchev–Trinajstić information content (AvgIpc) is 2.28. The Morgan fingerprint density at radius 2 is 2.08 bits per heavy atom. The molecule has 1 unspecified atom stereocenters. The second kappa shape index (κ2) is 3.61. The van der Waals surface area contributed by atoms with E-state index in [4.69, 9.17) is 0 Å². The molecule has 0 radical (unpaired) electrons. The summed E-state index contributed by atoms with van der Waals surface area (Å²) in [6.45, 7) is 6.60. The van der Waals surface area contributed by atoms with Crippen molar-refractivity contribution in [3.05, 3.63) is 12.2 Å². The maximum atomic E-state index is 4.09. The van der Waals surface area contributed by atoms with Gasteiger partial charge < -0.3 is 0 Å². The van der Waals surface area contributed by atoms with Crippen molar-refractivity contribution in [2.24, 2.45) is 0 Å². The molecule has 0 aromatic carbocycles. The summed E-state index contributed by atoms with van der Waals surface area (Å²) in [6.07, 6.45) is 8.39. The minimum absolute atomic E-state index is 0.901. The predicted octanol–water partition coefficient (Wildman–Crippen LogP) is 2.58. The van der Waals surface area contributed by atoms with E-state index >= 15 is 0 Å². The molecule has 0 saturated carbocycles. The number of fused-ring (bicyclic) bond motifs is 1. The van der Waals surface area contributed by atoms with Crippen LogP contribution in [0.4, 0.5) is 0 Å². The van der Waals surface area contributed by atoms with E-state index in [0.717, 1.165) is 6.04 Å². The fraction of sp³-hybridized carbons (Fsp3) is 0.818. The number of hydrogen-bond donors (Lipinski definition) is 0. The van der Waals surface area contributed by atoms with Gasteiger partial charge in [0.2, 0.25) is 0 Å². The standard InChI is InChI=1S/C11H19N/c1-10-6-7-11-5-3-2-4-8-12(11)9-10/h11H,1-9H2. The van der Waals surface area contributed by atoms with Gasteiger partial charge in [0.15, 0.2) is 0 Å². The van der Waals surface area contributed by atoms with Crippen molar-refractivity contribution in [2.45, 2.75) is 44.6 Å². The highest BCUT2D eigenvalue weighted by molar-refractivity contribution is 5.03. The summed E-state index contributed by atoms with van der Waals surface area (Å²) in [4.78, 5) is 2.65. The summed E-state index contributed by atoms with van der Waals surface area (Å²) in [6, 6.07) is 0.901. The Hall–Kier alpha value is -0.300. The molecule has 0 aromatic rings. The van der Waals surface area contributed by atoms with E-state index < -0.39 is 0 Å². The third-order valence-corrected chi connectivity index (χ3v) is 3.26. The van der Waals surface area contributed by atoms with E-state index in [-0.39, 0.29) is 0 Å². The van der Waals surface area contributed by atoms with Gasteiger partial charge in [0, 0.05) is 12.6 Å². The third-order valence-electron chi connectivity index (χ3n) is 3.26. The molecule has 12 heavy (non-hydrogen) atoms. The molecule has 0 N–H and O–H groups in total. The van der Waals surface area contributed by atoms with Crippen LogP contribution in [-0.2, 0) is 0 Å².